The summed E-state index contributed by atoms with van der Waals surface area (Å²) < 4.78 is 67.5. The first-order chi connectivity index (χ1) is 7.09. The minimum atomic E-state index is -4.66. The van der Waals surface area contributed by atoms with Crippen LogP contribution in [0.25, 0.3) is 0 Å². The van der Waals surface area contributed by atoms with Crippen LogP contribution in [-0.2, 0) is 16.5 Å². The molecule has 0 aliphatic rings. The van der Waals surface area contributed by atoms with Crippen molar-refractivity contribution in [2.45, 2.75) is 6.18 Å². The maximum absolute atomic E-state index is 12.2. The molecule has 90 valence electrons. The summed E-state index contributed by atoms with van der Waals surface area (Å²) in [5.41, 5.74) is -1.62. The van der Waals surface area contributed by atoms with Crippen molar-refractivity contribution in [3.05, 3.63) is 28.8 Å². The molecule has 0 unspecified atom stereocenters. The van der Waals surface area contributed by atoms with Crippen molar-refractivity contribution >= 4 is 27.6 Å². The molecule has 1 aromatic rings. The molecule has 1 aromatic carbocycles. The fourth-order valence-electron chi connectivity index (χ4n) is 0.919. The van der Waals surface area contributed by atoms with Crippen molar-refractivity contribution in [3.63, 3.8) is 0 Å². The zero-order chi connectivity index (χ0) is 12.6. The fourth-order valence-corrected chi connectivity index (χ4v) is 1.59. The van der Waals surface area contributed by atoms with Gasteiger partial charge in [0.2, 0.25) is 0 Å². The monoisotopic (exact) mass is 275 g/mol. The summed E-state index contributed by atoms with van der Waals surface area (Å²) in [5, 5.41) is -0.259. The van der Waals surface area contributed by atoms with Crippen LogP contribution in [0.5, 0.6) is 0 Å². The Morgan fingerprint density at radius 3 is 2.31 bits per heavy atom. The van der Waals surface area contributed by atoms with Gasteiger partial charge in [-0.25, -0.2) is 0 Å². The number of nitrogens with one attached hydrogen (secondary N) is 1. The van der Waals surface area contributed by atoms with E-state index in [4.69, 9.17) is 16.2 Å². The Bertz CT molecular complexity index is 500. The Balaban J connectivity index is 3.20. The Morgan fingerprint density at radius 2 is 1.88 bits per heavy atom. The lowest BCUT2D eigenvalue weighted by Crippen LogP contribution is -2.12. The van der Waals surface area contributed by atoms with E-state index >= 15 is 0 Å². The Labute approximate surface area is 93.9 Å². The SMILES string of the molecule is O=S(=O)(O)Nc1cc(C(F)(F)F)ccc1Cl. The van der Waals surface area contributed by atoms with Crippen LogP contribution in [0, 0.1) is 0 Å². The molecular formula is C7H5ClF3NO3S. The van der Waals surface area contributed by atoms with E-state index in [2.05, 4.69) is 0 Å². The maximum Gasteiger partial charge on any atom is 0.416 e. The zero-order valence-corrected chi connectivity index (χ0v) is 8.99. The molecular weight excluding hydrogens is 271 g/mol. The van der Waals surface area contributed by atoms with Crippen LogP contribution >= 0.6 is 11.6 Å². The van der Waals surface area contributed by atoms with E-state index in [0.717, 1.165) is 6.07 Å². The number of hydrogen-bond donors (Lipinski definition) is 2. The predicted molar refractivity (Wildman–Crippen MR) is 51.6 cm³/mol. The van der Waals surface area contributed by atoms with Crippen molar-refractivity contribution in [3.8, 4) is 0 Å². The number of anilines is 1. The number of hydrogen-bond acceptors (Lipinski definition) is 2. The summed E-state index contributed by atoms with van der Waals surface area (Å²) in [6, 6.07) is 2.05. The second kappa shape index (κ2) is 4.11. The van der Waals surface area contributed by atoms with E-state index in [9.17, 15) is 21.6 Å². The van der Waals surface area contributed by atoms with Gasteiger partial charge in [0.15, 0.2) is 0 Å². The highest BCUT2D eigenvalue weighted by Crippen LogP contribution is 2.33. The molecule has 0 heterocycles. The zero-order valence-electron chi connectivity index (χ0n) is 7.42. The molecule has 9 heteroatoms. The van der Waals surface area contributed by atoms with Crippen LogP contribution in [0.1, 0.15) is 5.56 Å². The van der Waals surface area contributed by atoms with E-state index in [-0.39, 0.29) is 5.02 Å². The van der Waals surface area contributed by atoms with Gasteiger partial charge in [0.1, 0.15) is 0 Å². The van der Waals surface area contributed by atoms with Gasteiger partial charge in [0, 0.05) is 0 Å². The third-order valence-corrected chi connectivity index (χ3v) is 2.34. The molecule has 0 radical (unpaired) electrons. The van der Waals surface area contributed by atoms with E-state index in [1.165, 1.54) is 4.72 Å². The first-order valence-corrected chi connectivity index (χ1v) is 5.53. The van der Waals surface area contributed by atoms with Gasteiger partial charge in [-0.15, -0.1) is 0 Å². The molecule has 0 aromatic heterocycles. The molecule has 0 saturated heterocycles. The van der Waals surface area contributed by atoms with Crippen molar-refractivity contribution in [1.29, 1.82) is 0 Å². The highest BCUT2D eigenvalue weighted by molar-refractivity contribution is 7.87. The molecule has 0 saturated carbocycles. The van der Waals surface area contributed by atoms with Crippen LogP contribution in [0.3, 0.4) is 0 Å². The summed E-state index contributed by atoms with van der Waals surface area (Å²) in [5.74, 6) is 0. The Morgan fingerprint density at radius 1 is 1.31 bits per heavy atom. The topological polar surface area (TPSA) is 66.4 Å². The van der Waals surface area contributed by atoms with E-state index in [1.54, 1.807) is 0 Å². The van der Waals surface area contributed by atoms with Crippen molar-refractivity contribution in [1.82, 2.24) is 0 Å². The molecule has 0 fully saturated rings. The van der Waals surface area contributed by atoms with E-state index in [0.29, 0.717) is 12.1 Å². The van der Waals surface area contributed by atoms with Gasteiger partial charge in [-0.2, -0.15) is 21.6 Å². The summed E-state index contributed by atoms with van der Waals surface area (Å²) >= 11 is 5.45. The van der Waals surface area contributed by atoms with Crippen molar-refractivity contribution in [2.24, 2.45) is 0 Å². The number of halogens is 4. The van der Waals surface area contributed by atoms with Crippen LogP contribution in [0.2, 0.25) is 5.02 Å². The Kier molecular flexibility index (Phi) is 3.36. The highest BCUT2D eigenvalue weighted by atomic mass is 35.5. The summed E-state index contributed by atoms with van der Waals surface area (Å²) in [4.78, 5) is 0. The van der Waals surface area contributed by atoms with Crippen LogP contribution in [0.4, 0.5) is 18.9 Å². The summed E-state index contributed by atoms with van der Waals surface area (Å²) in [6.07, 6.45) is -4.62. The van der Waals surface area contributed by atoms with Crippen LogP contribution in [-0.4, -0.2) is 13.0 Å². The van der Waals surface area contributed by atoms with E-state index in [1.807, 2.05) is 0 Å². The minimum Gasteiger partial charge on any atom is -0.269 e. The first-order valence-electron chi connectivity index (χ1n) is 3.71. The minimum absolute atomic E-state index is 0.259. The second-order valence-electron chi connectivity index (χ2n) is 2.77. The largest absolute Gasteiger partial charge is 0.416 e. The van der Waals surface area contributed by atoms with Crippen molar-refractivity contribution < 1.29 is 26.1 Å². The smallest absolute Gasteiger partial charge is 0.269 e. The molecule has 4 nitrogen and oxygen atoms in total. The molecule has 0 amide bonds. The third-order valence-electron chi connectivity index (χ3n) is 1.53. The highest BCUT2D eigenvalue weighted by Gasteiger charge is 2.31. The van der Waals surface area contributed by atoms with Crippen molar-refractivity contribution in [2.75, 3.05) is 4.72 Å². The maximum atomic E-state index is 12.2. The molecule has 1 rings (SSSR count). The number of benzene rings is 1. The molecule has 2 N–H and O–H groups in total. The van der Waals surface area contributed by atoms with Gasteiger partial charge in [-0.05, 0) is 18.2 Å². The third kappa shape index (κ3) is 3.54. The van der Waals surface area contributed by atoms with Gasteiger partial charge in [-0.1, -0.05) is 11.6 Å². The summed E-state index contributed by atoms with van der Waals surface area (Å²) in [7, 11) is -4.66. The molecule has 0 atom stereocenters. The normalized spacial score (nSPS) is 12.6. The average Bonchev–Trinajstić information content (AvgIpc) is 2.04. The van der Waals surface area contributed by atoms with Gasteiger partial charge in [0.25, 0.3) is 0 Å². The molecule has 0 aliphatic carbocycles. The second-order valence-corrected chi connectivity index (χ2v) is 4.33. The number of alkyl halides is 3. The van der Waals surface area contributed by atoms with Crippen LogP contribution < -0.4 is 4.72 Å². The lowest BCUT2D eigenvalue weighted by molar-refractivity contribution is -0.137. The van der Waals surface area contributed by atoms with Crippen LogP contribution in [0.15, 0.2) is 18.2 Å². The first kappa shape index (κ1) is 13.1. The van der Waals surface area contributed by atoms with E-state index < -0.39 is 27.7 Å². The van der Waals surface area contributed by atoms with Gasteiger partial charge >= 0.3 is 16.5 Å². The quantitative estimate of drug-likeness (QED) is 0.815. The van der Waals surface area contributed by atoms with Gasteiger partial charge in [-0.3, -0.25) is 9.27 Å². The molecule has 0 bridgehead atoms. The molecule has 0 aliphatic heterocycles. The van der Waals surface area contributed by atoms with Gasteiger partial charge < -0.3 is 0 Å². The lowest BCUT2D eigenvalue weighted by atomic mass is 10.2. The Hall–Kier alpha value is -0.990. The predicted octanol–water partition coefficient (Wildman–Crippen LogP) is 2.57. The lowest BCUT2D eigenvalue weighted by Gasteiger charge is -2.10. The standard InChI is InChI=1S/C7H5ClF3NO3S/c8-5-2-1-4(7(9,10)11)3-6(5)12-16(13,14)15/h1-3,12H,(H,13,14,15). The molecule has 0 spiro atoms. The fraction of sp³-hybridized carbons (Fsp3) is 0.143. The average molecular weight is 276 g/mol. The van der Waals surface area contributed by atoms with Gasteiger partial charge in [0.05, 0.1) is 16.3 Å². The number of rotatable bonds is 2. The molecule has 16 heavy (non-hydrogen) atoms. The summed E-state index contributed by atoms with van der Waals surface area (Å²) in [6.45, 7) is 0.